The molecule has 2 bridgehead atoms. The van der Waals surface area contributed by atoms with Crippen molar-refractivity contribution in [2.24, 2.45) is 17.8 Å². The lowest BCUT2D eigenvalue weighted by Gasteiger charge is -2.54. The van der Waals surface area contributed by atoms with E-state index in [1.165, 1.54) is 0 Å². The first-order valence-corrected chi connectivity index (χ1v) is 9.99. The fourth-order valence-corrected chi connectivity index (χ4v) is 5.68. The summed E-state index contributed by atoms with van der Waals surface area (Å²) in [5.41, 5.74) is 1.04. The van der Waals surface area contributed by atoms with Crippen LogP contribution in [-0.2, 0) is 25.6 Å². The van der Waals surface area contributed by atoms with E-state index in [0.717, 1.165) is 49.5 Å². The van der Waals surface area contributed by atoms with E-state index < -0.39 is 5.79 Å². The molecule has 2 atom stereocenters. The van der Waals surface area contributed by atoms with E-state index >= 15 is 0 Å². The molecule has 3 fully saturated rings. The molecule has 0 aromatic heterocycles. The van der Waals surface area contributed by atoms with Crippen LogP contribution in [0.1, 0.15) is 24.8 Å². The van der Waals surface area contributed by atoms with Crippen LogP contribution in [0.3, 0.4) is 0 Å². The highest BCUT2D eigenvalue weighted by atomic mass is 32.2. The van der Waals surface area contributed by atoms with Crippen LogP contribution in [0.5, 0.6) is 0 Å². The van der Waals surface area contributed by atoms with E-state index in [-0.39, 0.29) is 11.9 Å². The molecule has 1 saturated carbocycles. The molecule has 5 heteroatoms. The van der Waals surface area contributed by atoms with Gasteiger partial charge < -0.3 is 14.2 Å². The first-order chi connectivity index (χ1) is 11.8. The topological polar surface area (TPSA) is 44.8 Å². The number of ether oxygens (including phenoxy) is 3. The van der Waals surface area contributed by atoms with Crippen LogP contribution < -0.4 is 0 Å². The van der Waals surface area contributed by atoms with Gasteiger partial charge in [0.25, 0.3) is 0 Å². The van der Waals surface area contributed by atoms with E-state index in [1.54, 1.807) is 0 Å². The van der Waals surface area contributed by atoms with Crippen LogP contribution in [-0.4, -0.2) is 36.5 Å². The molecule has 2 aliphatic heterocycles. The first-order valence-electron chi connectivity index (χ1n) is 8.84. The van der Waals surface area contributed by atoms with Gasteiger partial charge in [0, 0.05) is 23.3 Å². The Morgan fingerprint density at radius 1 is 1.12 bits per heavy atom. The Labute approximate surface area is 147 Å². The Balaban J connectivity index is 1.40. The van der Waals surface area contributed by atoms with Gasteiger partial charge in [-0.3, -0.25) is 4.79 Å². The molecule has 2 saturated heterocycles. The molecule has 0 radical (unpaired) electrons. The van der Waals surface area contributed by atoms with Crippen molar-refractivity contribution in [1.29, 1.82) is 0 Å². The Morgan fingerprint density at radius 3 is 2.46 bits per heavy atom. The maximum Gasteiger partial charge on any atom is 0.309 e. The van der Waals surface area contributed by atoms with Crippen molar-refractivity contribution in [1.82, 2.24) is 0 Å². The number of rotatable bonds is 3. The molecule has 4 nitrogen and oxygen atoms in total. The molecule has 1 aliphatic carbocycles. The third-order valence-electron chi connectivity index (χ3n) is 5.42. The predicted molar refractivity (Wildman–Crippen MR) is 92.5 cm³/mol. The summed E-state index contributed by atoms with van der Waals surface area (Å²) in [6, 6.07) is 9.87. The fraction of sp³-hybridized carbons (Fsp3) is 0.632. The lowest BCUT2D eigenvalue weighted by atomic mass is 9.71. The maximum absolute atomic E-state index is 12.6. The number of benzene rings is 1. The summed E-state index contributed by atoms with van der Waals surface area (Å²) in [5, 5.41) is 0. The smallest absolute Gasteiger partial charge is 0.309 e. The predicted octanol–water partition coefficient (Wildman–Crippen LogP) is 3.25. The van der Waals surface area contributed by atoms with Gasteiger partial charge in [0.15, 0.2) is 5.79 Å². The molecule has 0 N–H and O–H groups in total. The Hall–Kier alpha value is -1.04. The lowest BCUT2D eigenvalue weighted by Crippen LogP contribution is -2.60. The molecule has 0 amide bonds. The zero-order chi connectivity index (χ0) is 16.4. The summed E-state index contributed by atoms with van der Waals surface area (Å²) in [6.07, 6.45) is 2.60. The quantitative estimate of drug-likeness (QED) is 0.785. The molecule has 1 aromatic rings. The van der Waals surface area contributed by atoms with Crippen LogP contribution in [0.25, 0.3) is 0 Å². The van der Waals surface area contributed by atoms with Crippen molar-refractivity contribution in [2.75, 3.05) is 24.7 Å². The second-order valence-electron chi connectivity index (χ2n) is 6.96. The van der Waals surface area contributed by atoms with Gasteiger partial charge in [-0.25, -0.2) is 0 Å². The highest BCUT2D eigenvalue weighted by Gasteiger charge is 2.56. The molecule has 2 heterocycles. The monoisotopic (exact) mass is 348 g/mol. The molecule has 2 unspecified atom stereocenters. The lowest BCUT2D eigenvalue weighted by molar-refractivity contribution is -0.328. The highest BCUT2D eigenvalue weighted by molar-refractivity contribution is 7.99. The Bertz CT molecular complexity index is 554. The average Bonchev–Trinajstić information content (AvgIpc) is 2.61. The standard InChI is InChI=1S/C19H24O4S/c20-18(21-11-14-5-2-1-3-6-14)15-9-16-12-24-13-17(10-15)19(16)22-7-4-8-23-19/h1-3,5-6,15-17H,4,7-13H2. The molecular weight excluding hydrogens is 324 g/mol. The normalized spacial score (nSPS) is 31.6. The van der Waals surface area contributed by atoms with Gasteiger partial charge in [0.2, 0.25) is 0 Å². The third kappa shape index (κ3) is 3.09. The number of carbonyl (C=O) groups excluding carboxylic acids is 1. The maximum atomic E-state index is 12.6. The van der Waals surface area contributed by atoms with E-state index in [4.69, 9.17) is 14.2 Å². The van der Waals surface area contributed by atoms with Crippen molar-refractivity contribution in [3.8, 4) is 0 Å². The van der Waals surface area contributed by atoms with Crippen LogP contribution in [0.4, 0.5) is 0 Å². The van der Waals surface area contributed by atoms with Crippen LogP contribution >= 0.6 is 11.8 Å². The number of thioether (sulfide) groups is 1. The van der Waals surface area contributed by atoms with Gasteiger partial charge in [0.1, 0.15) is 6.61 Å². The Kier molecular flexibility index (Phi) is 4.83. The van der Waals surface area contributed by atoms with Crippen LogP contribution in [0.2, 0.25) is 0 Å². The van der Waals surface area contributed by atoms with Crippen LogP contribution in [0.15, 0.2) is 30.3 Å². The zero-order valence-electron chi connectivity index (χ0n) is 13.8. The van der Waals surface area contributed by atoms with Crippen molar-refractivity contribution in [3.05, 3.63) is 35.9 Å². The van der Waals surface area contributed by atoms with E-state index in [1.807, 2.05) is 42.1 Å². The first kappa shape index (κ1) is 16.4. The molecule has 1 aromatic carbocycles. The second kappa shape index (κ2) is 7.06. The summed E-state index contributed by atoms with van der Waals surface area (Å²) in [5.74, 6) is 2.10. The molecule has 4 rings (SSSR count). The summed E-state index contributed by atoms with van der Waals surface area (Å²) in [4.78, 5) is 12.6. The van der Waals surface area contributed by atoms with Gasteiger partial charge in [0.05, 0.1) is 19.1 Å². The minimum absolute atomic E-state index is 0.0237. The van der Waals surface area contributed by atoms with Crippen molar-refractivity contribution < 1.29 is 19.0 Å². The fourth-order valence-electron chi connectivity index (χ4n) is 4.24. The number of hydrogen-bond acceptors (Lipinski definition) is 5. The summed E-state index contributed by atoms with van der Waals surface area (Å²) >= 11 is 1.97. The molecule has 130 valence electrons. The highest BCUT2D eigenvalue weighted by Crippen LogP contribution is 2.51. The van der Waals surface area contributed by atoms with Gasteiger partial charge >= 0.3 is 5.97 Å². The molecule has 24 heavy (non-hydrogen) atoms. The van der Waals surface area contributed by atoms with Crippen molar-refractivity contribution >= 4 is 17.7 Å². The van der Waals surface area contributed by atoms with Crippen molar-refractivity contribution in [3.63, 3.8) is 0 Å². The number of hydrogen-bond donors (Lipinski definition) is 0. The second-order valence-corrected chi connectivity index (χ2v) is 8.04. The summed E-state index contributed by atoms with van der Waals surface area (Å²) < 4.78 is 17.9. The molecule has 3 aliphatic rings. The third-order valence-corrected chi connectivity index (χ3v) is 6.69. The average molecular weight is 348 g/mol. The van der Waals surface area contributed by atoms with E-state index in [9.17, 15) is 4.79 Å². The van der Waals surface area contributed by atoms with Gasteiger partial charge in [-0.2, -0.15) is 11.8 Å². The SMILES string of the molecule is O=C(OCc1ccccc1)C1CC2CSCC(C1)C21OCCCO1. The minimum Gasteiger partial charge on any atom is -0.461 e. The van der Waals surface area contributed by atoms with Gasteiger partial charge in [-0.1, -0.05) is 30.3 Å². The summed E-state index contributed by atoms with van der Waals surface area (Å²) in [6.45, 7) is 1.92. The van der Waals surface area contributed by atoms with E-state index in [2.05, 4.69) is 0 Å². The molecular formula is C19H24O4S. The molecule has 1 spiro atoms. The minimum atomic E-state index is -0.431. The van der Waals surface area contributed by atoms with Gasteiger partial charge in [-0.15, -0.1) is 0 Å². The summed E-state index contributed by atoms with van der Waals surface area (Å²) in [7, 11) is 0. The number of esters is 1. The van der Waals surface area contributed by atoms with Gasteiger partial charge in [-0.05, 0) is 24.8 Å². The Morgan fingerprint density at radius 2 is 1.79 bits per heavy atom. The largest absolute Gasteiger partial charge is 0.461 e. The zero-order valence-corrected chi connectivity index (χ0v) is 14.6. The number of carbonyl (C=O) groups is 1. The van der Waals surface area contributed by atoms with Crippen molar-refractivity contribution in [2.45, 2.75) is 31.7 Å². The van der Waals surface area contributed by atoms with E-state index in [0.29, 0.717) is 18.4 Å². The van der Waals surface area contributed by atoms with Crippen LogP contribution in [0, 0.1) is 17.8 Å².